The summed E-state index contributed by atoms with van der Waals surface area (Å²) in [5.74, 6) is -1.80. The van der Waals surface area contributed by atoms with E-state index in [0.717, 1.165) is 0 Å². The number of carbonyl (C=O) groups excluding carboxylic acids is 1. The Labute approximate surface area is 139 Å². The number of carbonyl (C=O) groups is 2. The Hall–Kier alpha value is -2.61. The monoisotopic (exact) mass is 398 g/mol. The molecule has 2 aromatic rings. The number of pyridine rings is 1. The second-order valence-corrected chi connectivity index (χ2v) is 7.73. The molecule has 9 nitrogen and oxygen atoms in total. The average Bonchev–Trinajstić information content (AvgIpc) is 2.49. The van der Waals surface area contributed by atoms with Gasteiger partial charge in [0.15, 0.2) is 0 Å². The first-order valence-corrected chi connectivity index (χ1v) is 9.80. The SMILES string of the molecule is CC(=O)Nc1c(O)cccc1[As](=O)(O)O.O=C(O)c1ccncc1. The summed E-state index contributed by atoms with van der Waals surface area (Å²) in [5.41, 5.74) is 0.0440. The van der Waals surface area contributed by atoms with Gasteiger partial charge in [-0.15, -0.1) is 0 Å². The van der Waals surface area contributed by atoms with E-state index < -0.39 is 26.0 Å². The number of aromatic hydroxyl groups is 1. The molecule has 10 heteroatoms. The fraction of sp³-hybridized carbons (Fsp3) is 0.0714. The molecule has 0 fully saturated rings. The van der Waals surface area contributed by atoms with E-state index in [1.807, 2.05) is 0 Å². The molecule has 0 aliphatic carbocycles. The van der Waals surface area contributed by atoms with Crippen molar-refractivity contribution in [2.45, 2.75) is 6.92 Å². The average molecular weight is 398 g/mol. The molecule has 1 aromatic heterocycles. The number of nitrogens with zero attached hydrogens (tertiary/aromatic N) is 1. The molecular weight excluding hydrogens is 383 g/mol. The van der Waals surface area contributed by atoms with Crippen molar-refractivity contribution < 1.29 is 31.7 Å². The number of anilines is 1. The standard InChI is InChI=1S/C8H10AsNO5.C6H5NO2/c1-5(11)10-8-6(9(13,14)15)3-2-4-7(8)12;8-6(9)5-1-3-7-4-2-5/h2-4,12H,1H3,(H,10,11)(H2,13,14,15);1-4H,(H,8,9). The third kappa shape index (κ3) is 5.88. The minimum absolute atomic E-state index is 0.225. The van der Waals surface area contributed by atoms with E-state index in [2.05, 4.69) is 10.3 Å². The van der Waals surface area contributed by atoms with Crippen LogP contribution in [0.1, 0.15) is 17.3 Å². The van der Waals surface area contributed by atoms with E-state index in [1.165, 1.54) is 49.6 Å². The molecule has 128 valence electrons. The van der Waals surface area contributed by atoms with Gasteiger partial charge in [0.1, 0.15) is 0 Å². The van der Waals surface area contributed by atoms with Crippen LogP contribution in [0.25, 0.3) is 0 Å². The Kier molecular flexibility index (Phi) is 6.72. The van der Waals surface area contributed by atoms with Gasteiger partial charge in [0.2, 0.25) is 0 Å². The van der Waals surface area contributed by atoms with Gasteiger partial charge in [-0.3, -0.25) is 4.98 Å². The minimum atomic E-state index is -5.14. The van der Waals surface area contributed by atoms with Crippen LogP contribution in [0.4, 0.5) is 5.69 Å². The maximum atomic E-state index is 11.1. The normalized spacial score (nSPS) is 10.3. The van der Waals surface area contributed by atoms with E-state index >= 15 is 0 Å². The summed E-state index contributed by atoms with van der Waals surface area (Å²) < 4.78 is 28.8. The van der Waals surface area contributed by atoms with Crippen molar-refractivity contribution in [1.82, 2.24) is 4.98 Å². The first kappa shape index (κ1) is 19.4. The smallest absolute Gasteiger partial charge is 0.335 e. The predicted molar refractivity (Wildman–Crippen MR) is 84.1 cm³/mol. The molecule has 0 atom stereocenters. The number of phenols is 1. The summed E-state index contributed by atoms with van der Waals surface area (Å²) in [5, 5.41) is 19.9. The van der Waals surface area contributed by atoms with Crippen molar-refractivity contribution in [1.29, 1.82) is 0 Å². The first-order chi connectivity index (χ1) is 11.1. The van der Waals surface area contributed by atoms with Crippen LogP contribution in [-0.2, 0) is 8.53 Å². The number of hydrogen-bond acceptors (Lipinski definition) is 5. The number of benzene rings is 1. The maximum absolute atomic E-state index is 11.1. The van der Waals surface area contributed by atoms with Crippen LogP contribution in [0.5, 0.6) is 5.75 Å². The molecule has 0 aliphatic heterocycles. The van der Waals surface area contributed by atoms with Crippen molar-refractivity contribution >= 4 is 36.1 Å². The van der Waals surface area contributed by atoms with Gasteiger partial charge in [-0.2, -0.15) is 0 Å². The summed E-state index contributed by atoms with van der Waals surface area (Å²) in [6.07, 6.45) is 2.90. The summed E-state index contributed by atoms with van der Waals surface area (Å²) in [6, 6.07) is 6.60. The van der Waals surface area contributed by atoms with Gasteiger partial charge in [-0.25, -0.2) is 4.79 Å². The quantitative estimate of drug-likeness (QED) is 0.348. The molecule has 24 heavy (non-hydrogen) atoms. The summed E-state index contributed by atoms with van der Waals surface area (Å²) >= 11 is -5.14. The van der Waals surface area contributed by atoms with E-state index in [1.54, 1.807) is 0 Å². The Balaban J connectivity index is 0.000000272. The Morgan fingerprint density at radius 3 is 2.12 bits per heavy atom. The summed E-state index contributed by atoms with van der Waals surface area (Å²) in [4.78, 5) is 24.6. The number of carboxylic acid groups (broad SMARTS) is 1. The van der Waals surface area contributed by atoms with Gasteiger partial charge in [0.25, 0.3) is 0 Å². The van der Waals surface area contributed by atoms with Crippen LogP contribution < -0.4 is 9.67 Å². The van der Waals surface area contributed by atoms with Crippen molar-refractivity contribution in [2.24, 2.45) is 0 Å². The Bertz CT molecular complexity index is 774. The van der Waals surface area contributed by atoms with E-state index in [4.69, 9.17) is 13.3 Å². The molecule has 0 aliphatic rings. The number of hydrogen-bond donors (Lipinski definition) is 5. The van der Waals surface area contributed by atoms with Gasteiger partial charge in [-0.05, 0) is 12.1 Å². The topological polar surface area (TPSA) is 157 Å². The van der Waals surface area contributed by atoms with Crippen LogP contribution in [0, 0.1) is 0 Å². The third-order valence-corrected chi connectivity index (χ3v) is 4.66. The number of nitrogens with one attached hydrogen (secondary N) is 1. The summed E-state index contributed by atoms with van der Waals surface area (Å²) in [6.45, 7) is 1.18. The predicted octanol–water partition coefficient (Wildman–Crippen LogP) is -0.309. The van der Waals surface area contributed by atoms with E-state index in [9.17, 15) is 18.4 Å². The number of aromatic nitrogens is 1. The number of aromatic carboxylic acids is 1. The van der Waals surface area contributed by atoms with Gasteiger partial charge in [0.05, 0.1) is 5.56 Å². The molecule has 0 saturated carbocycles. The largest absolute Gasteiger partial charge is 0.478 e. The molecule has 0 bridgehead atoms. The van der Waals surface area contributed by atoms with Crippen LogP contribution >= 0.6 is 0 Å². The number of rotatable bonds is 3. The van der Waals surface area contributed by atoms with Gasteiger partial charge in [0, 0.05) is 12.4 Å². The molecule has 0 radical (unpaired) electrons. The molecular formula is C14H15AsN2O7. The van der Waals surface area contributed by atoms with Crippen molar-refractivity contribution in [2.75, 3.05) is 5.32 Å². The second kappa shape index (κ2) is 8.30. The van der Waals surface area contributed by atoms with Crippen LogP contribution in [0.3, 0.4) is 0 Å². The van der Waals surface area contributed by atoms with Crippen molar-refractivity contribution in [3.05, 3.63) is 48.3 Å². The van der Waals surface area contributed by atoms with Crippen LogP contribution in [0.2, 0.25) is 0 Å². The van der Waals surface area contributed by atoms with Crippen LogP contribution in [0.15, 0.2) is 42.7 Å². The molecule has 1 aromatic carbocycles. The molecule has 2 rings (SSSR count). The third-order valence-electron chi connectivity index (χ3n) is 2.56. The molecule has 1 amide bonds. The molecule has 0 unspecified atom stereocenters. The van der Waals surface area contributed by atoms with Gasteiger partial charge >= 0.3 is 94.1 Å². The second-order valence-electron chi connectivity index (χ2n) is 4.44. The van der Waals surface area contributed by atoms with Crippen LogP contribution in [-0.4, -0.2) is 49.4 Å². The zero-order valence-electron chi connectivity index (χ0n) is 12.4. The van der Waals surface area contributed by atoms with E-state index in [0.29, 0.717) is 0 Å². The fourth-order valence-corrected chi connectivity index (χ4v) is 3.13. The zero-order valence-corrected chi connectivity index (χ0v) is 14.3. The van der Waals surface area contributed by atoms with E-state index in [-0.39, 0.29) is 21.4 Å². The van der Waals surface area contributed by atoms with Crippen molar-refractivity contribution in [3.8, 4) is 5.75 Å². The molecule has 0 saturated heterocycles. The zero-order chi connectivity index (χ0) is 18.3. The van der Waals surface area contributed by atoms with Gasteiger partial charge < -0.3 is 5.11 Å². The first-order valence-electron chi connectivity index (χ1n) is 6.42. The van der Waals surface area contributed by atoms with Crippen molar-refractivity contribution in [3.63, 3.8) is 0 Å². The number of para-hydroxylation sites is 1. The Morgan fingerprint density at radius 2 is 1.71 bits per heavy atom. The maximum Gasteiger partial charge on any atom is 0.335 e. The number of phenolic OH excluding ortho intramolecular Hbond substituents is 1. The minimum Gasteiger partial charge on any atom is -0.478 e. The summed E-state index contributed by atoms with van der Waals surface area (Å²) in [7, 11) is 0. The fourth-order valence-electron chi connectivity index (χ4n) is 1.57. The Morgan fingerprint density at radius 1 is 1.12 bits per heavy atom. The number of carboxylic acids is 1. The molecule has 5 N–H and O–H groups in total. The molecule has 0 spiro atoms. The van der Waals surface area contributed by atoms with Gasteiger partial charge in [-0.1, -0.05) is 0 Å². The number of amides is 1. The molecule has 1 heterocycles.